The first-order valence-corrected chi connectivity index (χ1v) is 1.39. The van der Waals surface area contributed by atoms with E-state index in [4.69, 9.17) is 0 Å². The minimum Gasteiger partial charge on any atom is -0.359 e. The minimum atomic E-state index is 0. The Hall–Kier alpha value is 0.439. The van der Waals surface area contributed by atoms with Gasteiger partial charge in [-0.3, -0.25) is 0 Å². The topological polar surface area (TPSA) is 18.5 Å². The molecule has 0 fully saturated rings. The Kier molecular flexibility index (Phi) is 14.6. The molecular weight excluding hydrogens is 132 g/mol. The fourth-order valence-electron chi connectivity index (χ4n) is 0.118. The molecule has 0 spiro atoms. The molecule has 0 aromatic rings. The Bertz CT molecular complexity index is 16.3. The zero-order valence-electron chi connectivity index (χ0n) is 3.83. The molecule has 0 atom stereocenters. The number of methoxy groups -OCH3 is 2. The van der Waals surface area contributed by atoms with Gasteiger partial charge >= 0.3 is 0 Å². The van der Waals surface area contributed by atoms with Crippen LogP contribution in [0.1, 0.15) is 0 Å². The zero-order valence-corrected chi connectivity index (χ0v) is 4.77. The summed E-state index contributed by atoms with van der Waals surface area (Å²) in [7, 11) is 3.17. The third-order valence-electron chi connectivity index (χ3n) is 0.236. The Morgan fingerprint density at radius 1 is 1.17 bits per heavy atom. The molecule has 0 saturated carbocycles. The van der Waals surface area contributed by atoms with Gasteiger partial charge in [0.15, 0.2) is 0 Å². The third kappa shape index (κ3) is 8.83. The molecule has 0 aliphatic carbocycles. The third-order valence-corrected chi connectivity index (χ3v) is 0.236. The standard InChI is InChI=1S/C3H8O2.Cu/c1-4-3-5-2;/h3H2,1-2H3;. The van der Waals surface area contributed by atoms with Gasteiger partial charge < -0.3 is 9.47 Å². The predicted molar refractivity (Wildman–Crippen MR) is 18.9 cm³/mol. The van der Waals surface area contributed by atoms with Crippen LogP contribution in [0.25, 0.3) is 0 Å². The number of hydrogen-bond acceptors (Lipinski definition) is 2. The van der Waals surface area contributed by atoms with Crippen molar-refractivity contribution in [2.24, 2.45) is 0 Å². The maximum atomic E-state index is 4.47. The van der Waals surface area contributed by atoms with Gasteiger partial charge in [-0.2, -0.15) is 0 Å². The van der Waals surface area contributed by atoms with Crippen molar-refractivity contribution in [2.75, 3.05) is 21.0 Å². The molecule has 2 nitrogen and oxygen atoms in total. The Balaban J connectivity index is 0. The number of ether oxygens (including phenoxy) is 2. The smallest absolute Gasteiger partial charge is 0.145 e. The zero-order chi connectivity index (χ0) is 4.12. The summed E-state index contributed by atoms with van der Waals surface area (Å²) >= 11 is 0. The van der Waals surface area contributed by atoms with Crippen molar-refractivity contribution in [1.29, 1.82) is 0 Å². The normalized spacial score (nSPS) is 7.00. The first kappa shape index (κ1) is 9.67. The summed E-state index contributed by atoms with van der Waals surface area (Å²) in [4.78, 5) is 0. The molecule has 0 aromatic carbocycles. The second-order valence-electron chi connectivity index (χ2n) is 0.695. The summed E-state index contributed by atoms with van der Waals surface area (Å²) in [6, 6.07) is 0. The molecule has 43 valence electrons. The van der Waals surface area contributed by atoms with Gasteiger partial charge in [-0.25, -0.2) is 0 Å². The maximum Gasteiger partial charge on any atom is 0.145 e. The molecule has 0 aliphatic heterocycles. The molecule has 0 saturated heterocycles. The van der Waals surface area contributed by atoms with Gasteiger partial charge in [0, 0.05) is 31.3 Å². The monoisotopic (exact) mass is 139 g/mol. The van der Waals surface area contributed by atoms with Crippen LogP contribution in [0.5, 0.6) is 0 Å². The van der Waals surface area contributed by atoms with Gasteiger partial charge in [0.2, 0.25) is 0 Å². The van der Waals surface area contributed by atoms with Crippen LogP contribution in [-0.4, -0.2) is 21.0 Å². The quantitative estimate of drug-likeness (QED) is 0.403. The molecule has 0 amide bonds. The van der Waals surface area contributed by atoms with Crippen LogP contribution in [0.15, 0.2) is 0 Å². The number of rotatable bonds is 2. The van der Waals surface area contributed by atoms with Crippen molar-refractivity contribution in [1.82, 2.24) is 0 Å². The second kappa shape index (κ2) is 9.06. The first-order valence-electron chi connectivity index (χ1n) is 1.39. The van der Waals surface area contributed by atoms with Crippen LogP contribution in [0.2, 0.25) is 0 Å². The van der Waals surface area contributed by atoms with E-state index >= 15 is 0 Å². The van der Waals surface area contributed by atoms with Gasteiger partial charge in [-0.1, -0.05) is 0 Å². The summed E-state index contributed by atoms with van der Waals surface area (Å²) in [5.74, 6) is 0. The predicted octanol–water partition coefficient (Wildman–Crippen LogP) is 0.234. The van der Waals surface area contributed by atoms with Crippen LogP contribution < -0.4 is 0 Å². The van der Waals surface area contributed by atoms with Crippen LogP contribution in [0.3, 0.4) is 0 Å². The van der Waals surface area contributed by atoms with E-state index in [1.54, 1.807) is 14.2 Å². The molecule has 0 unspecified atom stereocenters. The molecule has 0 aromatic heterocycles. The van der Waals surface area contributed by atoms with Crippen molar-refractivity contribution < 1.29 is 26.5 Å². The van der Waals surface area contributed by atoms with Crippen molar-refractivity contribution in [3.8, 4) is 0 Å². The molecule has 6 heavy (non-hydrogen) atoms. The van der Waals surface area contributed by atoms with Crippen molar-refractivity contribution >= 4 is 0 Å². The summed E-state index contributed by atoms with van der Waals surface area (Å²) < 4.78 is 8.94. The van der Waals surface area contributed by atoms with E-state index < -0.39 is 0 Å². The summed E-state index contributed by atoms with van der Waals surface area (Å²) in [5, 5.41) is 0. The average molecular weight is 140 g/mol. The van der Waals surface area contributed by atoms with Crippen molar-refractivity contribution in [2.45, 2.75) is 0 Å². The van der Waals surface area contributed by atoms with Crippen LogP contribution in [0, 0.1) is 0 Å². The van der Waals surface area contributed by atoms with Gasteiger partial charge in [0.25, 0.3) is 0 Å². The van der Waals surface area contributed by atoms with E-state index in [2.05, 4.69) is 9.47 Å². The van der Waals surface area contributed by atoms with E-state index in [1.165, 1.54) is 0 Å². The number of hydrogen-bond donors (Lipinski definition) is 0. The summed E-state index contributed by atoms with van der Waals surface area (Å²) in [6.45, 7) is 0.389. The summed E-state index contributed by atoms with van der Waals surface area (Å²) in [6.07, 6.45) is 0. The molecule has 0 N–H and O–H groups in total. The molecule has 1 radical (unpaired) electrons. The van der Waals surface area contributed by atoms with E-state index in [0.717, 1.165) is 0 Å². The SMILES string of the molecule is COCOC.[Cu]. The summed E-state index contributed by atoms with van der Waals surface area (Å²) in [5.41, 5.74) is 0. The Morgan fingerprint density at radius 3 is 1.50 bits per heavy atom. The Morgan fingerprint density at radius 2 is 1.50 bits per heavy atom. The van der Waals surface area contributed by atoms with Crippen molar-refractivity contribution in [3.05, 3.63) is 0 Å². The van der Waals surface area contributed by atoms with Crippen molar-refractivity contribution in [3.63, 3.8) is 0 Å². The molecule has 0 rings (SSSR count). The molecule has 0 aliphatic rings. The van der Waals surface area contributed by atoms with E-state index in [1.807, 2.05) is 0 Å². The fourth-order valence-corrected chi connectivity index (χ4v) is 0.118. The molecule has 3 heteroatoms. The van der Waals surface area contributed by atoms with Gasteiger partial charge in [0.1, 0.15) is 6.79 Å². The average Bonchev–Trinajstić information content (AvgIpc) is 1.41. The fraction of sp³-hybridized carbons (Fsp3) is 1.00. The molecule has 0 bridgehead atoms. The minimum absolute atomic E-state index is 0. The molecular formula is C3H8CuO2. The van der Waals surface area contributed by atoms with Crippen LogP contribution in [-0.2, 0) is 26.5 Å². The second-order valence-corrected chi connectivity index (χ2v) is 0.695. The largest absolute Gasteiger partial charge is 0.359 e. The molecule has 0 heterocycles. The first-order chi connectivity index (χ1) is 2.41. The maximum absolute atomic E-state index is 4.47. The van der Waals surface area contributed by atoms with E-state index in [-0.39, 0.29) is 17.1 Å². The Labute approximate surface area is 48.3 Å². The van der Waals surface area contributed by atoms with Crippen LogP contribution in [0.4, 0.5) is 0 Å². The van der Waals surface area contributed by atoms with E-state index in [0.29, 0.717) is 6.79 Å². The van der Waals surface area contributed by atoms with E-state index in [9.17, 15) is 0 Å². The van der Waals surface area contributed by atoms with Gasteiger partial charge in [-0.05, 0) is 0 Å². The van der Waals surface area contributed by atoms with Crippen LogP contribution >= 0.6 is 0 Å². The van der Waals surface area contributed by atoms with Gasteiger partial charge in [-0.15, -0.1) is 0 Å². The van der Waals surface area contributed by atoms with Gasteiger partial charge in [0.05, 0.1) is 0 Å².